The van der Waals surface area contributed by atoms with Gasteiger partial charge in [0.25, 0.3) is 0 Å². The molecule has 1 amide bonds. The number of amides is 1. The van der Waals surface area contributed by atoms with Gasteiger partial charge < -0.3 is 14.8 Å². The topological polar surface area (TPSA) is 50.8 Å². The zero-order valence-electron chi connectivity index (χ0n) is 15.7. The van der Waals surface area contributed by atoms with E-state index in [9.17, 15) is 4.79 Å². The van der Waals surface area contributed by atoms with Crippen LogP contribution in [0.4, 0.5) is 4.79 Å². The van der Waals surface area contributed by atoms with Gasteiger partial charge in [0.05, 0.1) is 11.6 Å². The summed E-state index contributed by atoms with van der Waals surface area (Å²) >= 11 is 0. The molecule has 0 spiro atoms. The summed E-state index contributed by atoms with van der Waals surface area (Å²) in [7, 11) is 0. The quantitative estimate of drug-likeness (QED) is 0.886. The molecule has 5 heteroatoms. The first-order chi connectivity index (χ1) is 11.8. The van der Waals surface area contributed by atoms with E-state index in [4.69, 9.17) is 9.47 Å². The Balaban J connectivity index is 1.61. The highest BCUT2D eigenvalue weighted by molar-refractivity contribution is 5.69. The van der Waals surface area contributed by atoms with Crippen molar-refractivity contribution in [3.8, 4) is 5.75 Å². The van der Waals surface area contributed by atoms with E-state index in [1.54, 1.807) is 0 Å². The van der Waals surface area contributed by atoms with E-state index in [-0.39, 0.29) is 18.3 Å². The van der Waals surface area contributed by atoms with Gasteiger partial charge in [-0.25, -0.2) is 4.79 Å². The Bertz CT molecular complexity index is 607. The van der Waals surface area contributed by atoms with Crippen molar-refractivity contribution in [2.75, 3.05) is 19.6 Å². The Morgan fingerprint density at radius 1 is 1.28 bits per heavy atom. The number of hydrogen-bond donors (Lipinski definition) is 1. The predicted molar refractivity (Wildman–Crippen MR) is 97.8 cm³/mol. The number of benzene rings is 1. The van der Waals surface area contributed by atoms with Crippen molar-refractivity contribution < 1.29 is 14.3 Å². The van der Waals surface area contributed by atoms with Crippen LogP contribution >= 0.6 is 0 Å². The van der Waals surface area contributed by atoms with Gasteiger partial charge in [-0.1, -0.05) is 12.1 Å². The molecule has 0 saturated carbocycles. The van der Waals surface area contributed by atoms with E-state index in [1.165, 1.54) is 0 Å². The third-order valence-electron chi connectivity index (χ3n) is 5.20. The second kappa shape index (κ2) is 7.24. The fourth-order valence-electron chi connectivity index (χ4n) is 3.77. The summed E-state index contributed by atoms with van der Waals surface area (Å²) in [4.78, 5) is 14.8. The Morgan fingerprint density at radius 2 is 2.00 bits per heavy atom. The average Bonchev–Trinajstić information content (AvgIpc) is 2.55. The number of alkyl carbamates (subject to hydrolysis) is 1. The standard InChI is InChI=1S/C20H30N2O3/c1-14(2)24-17-7-5-6-16(12-17)20(3,4)21-19(23)25-18-13-22-10-8-15(18)9-11-22/h5-7,12,14-15,18H,8-11,13H2,1-4H3,(H,21,23). The van der Waals surface area contributed by atoms with Crippen LogP contribution < -0.4 is 10.1 Å². The van der Waals surface area contributed by atoms with Crippen molar-refractivity contribution in [2.24, 2.45) is 5.92 Å². The highest BCUT2D eigenvalue weighted by Crippen LogP contribution is 2.30. The highest BCUT2D eigenvalue weighted by Gasteiger charge is 2.37. The summed E-state index contributed by atoms with van der Waals surface area (Å²) in [6.07, 6.45) is 2.08. The first kappa shape index (κ1) is 18.1. The minimum atomic E-state index is -0.526. The maximum absolute atomic E-state index is 12.5. The van der Waals surface area contributed by atoms with E-state index < -0.39 is 5.54 Å². The van der Waals surface area contributed by atoms with E-state index in [1.807, 2.05) is 52.0 Å². The molecule has 3 heterocycles. The highest BCUT2D eigenvalue weighted by atomic mass is 16.6. The molecule has 1 N–H and O–H groups in total. The van der Waals surface area contributed by atoms with Gasteiger partial charge in [-0.3, -0.25) is 4.90 Å². The molecule has 1 aromatic rings. The number of hydrogen-bond acceptors (Lipinski definition) is 4. The molecule has 3 aliphatic heterocycles. The van der Waals surface area contributed by atoms with E-state index in [2.05, 4.69) is 10.2 Å². The first-order valence-electron chi connectivity index (χ1n) is 9.32. The van der Waals surface area contributed by atoms with Gasteiger partial charge in [0, 0.05) is 6.54 Å². The molecule has 0 aromatic heterocycles. The fraction of sp³-hybridized carbons (Fsp3) is 0.650. The van der Waals surface area contributed by atoms with Crippen LogP contribution in [0.1, 0.15) is 46.1 Å². The molecule has 4 rings (SSSR count). The van der Waals surface area contributed by atoms with Crippen LogP contribution in [0.2, 0.25) is 0 Å². The van der Waals surface area contributed by atoms with Gasteiger partial charge in [0.1, 0.15) is 11.9 Å². The normalized spacial score (nSPS) is 25.7. The Kier molecular flexibility index (Phi) is 5.23. The van der Waals surface area contributed by atoms with Gasteiger partial charge in [0.2, 0.25) is 0 Å². The summed E-state index contributed by atoms with van der Waals surface area (Å²) in [5, 5.41) is 3.02. The van der Waals surface area contributed by atoms with Crippen LogP contribution in [0.15, 0.2) is 24.3 Å². The molecule has 25 heavy (non-hydrogen) atoms. The molecule has 1 unspecified atom stereocenters. The number of nitrogens with zero attached hydrogens (tertiary/aromatic N) is 1. The lowest BCUT2D eigenvalue weighted by atomic mass is 9.86. The maximum Gasteiger partial charge on any atom is 0.408 e. The van der Waals surface area contributed by atoms with Crippen molar-refractivity contribution in [1.29, 1.82) is 0 Å². The number of piperidine rings is 3. The summed E-state index contributed by atoms with van der Waals surface area (Å²) in [6.45, 7) is 11.1. The SMILES string of the molecule is CC(C)Oc1cccc(C(C)(C)NC(=O)OC2CN3CCC2CC3)c1. The Hall–Kier alpha value is -1.75. The van der Waals surface area contributed by atoms with Crippen molar-refractivity contribution >= 4 is 6.09 Å². The summed E-state index contributed by atoms with van der Waals surface area (Å²) in [5.41, 5.74) is 0.470. The van der Waals surface area contributed by atoms with Crippen LogP contribution in [-0.4, -0.2) is 42.8 Å². The number of nitrogens with one attached hydrogen (secondary N) is 1. The zero-order chi connectivity index (χ0) is 18.0. The third-order valence-corrected chi connectivity index (χ3v) is 5.20. The third kappa shape index (κ3) is 4.46. The van der Waals surface area contributed by atoms with Gasteiger partial charge in [-0.15, -0.1) is 0 Å². The van der Waals surface area contributed by atoms with Crippen molar-refractivity contribution in [1.82, 2.24) is 10.2 Å². The summed E-state index contributed by atoms with van der Waals surface area (Å²) < 4.78 is 11.5. The number of rotatable bonds is 5. The van der Waals surface area contributed by atoms with Gasteiger partial charge in [-0.05, 0) is 77.2 Å². The van der Waals surface area contributed by atoms with E-state index in [0.29, 0.717) is 5.92 Å². The summed E-state index contributed by atoms with van der Waals surface area (Å²) in [6, 6.07) is 7.87. The molecule has 1 aromatic carbocycles. The Labute approximate surface area is 150 Å². The van der Waals surface area contributed by atoms with Gasteiger partial charge in [0.15, 0.2) is 0 Å². The molecule has 2 bridgehead atoms. The van der Waals surface area contributed by atoms with Crippen LogP contribution in [0, 0.1) is 5.92 Å². The Morgan fingerprint density at radius 3 is 2.60 bits per heavy atom. The van der Waals surface area contributed by atoms with Crippen molar-refractivity contribution in [2.45, 2.75) is 58.3 Å². The molecule has 1 atom stereocenters. The summed E-state index contributed by atoms with van der Waals surface area (Å²) in [5.74, 6) is 1.33. The minimum Gasteiger partial charge on any atom is -0.491 e. The maximum atomic E-state index is 12.5. The lowest BCUT2D eigenvalue weighted by molar-refractivity contribution is -0.0349. The lowest BCUT2D eigenvalue weighted by Gasteiger charge is -2.44. The number of fused-ring (bicyclic) bond motifs is 3. The van der Waals surface area contributed by atoms with E-state index >= 15 is 0 Å². The zero-order valence-corrected chi connectivity index (χ0v) is 15.7. The second-order valence-electron chi connectivity index (χ2n) is 8.03. The van der Waals surface area contributed by atoms with Gasteiger partial charge >= 0.3 is 6.09 Å². The van der Waals surface area contributed by atoms with Crippen molar-refractivity contribution in [3.05, 3.63) is 29.8 Å². The van der Waals surface area contributed by atoms with Crippen LogP contribution in [0.3, 0.4) is 0 Å². The molecule has 0 radical (unpaired) electrons. The van der Waals surface area contributed by atoms with Crippen LogP contribution in [0.5, 0.6) is 5.75 Å². The molecular formula is C20H30N2O3. The number of carbonyl (C=O) groups is 1. The molecule has 5 nitrogen and oxygen atoms in total. The molecule has 0 aliphatic carbocycles. The smallest absolute Gasteiger partial charge is 0.408 e. The largest absolute Gasteiger partial charge is 0.491 e. The molecule has 3 fully saturated rings. The molecule has 3 saturated heterocycles. The monoisotopic (exact) mass is 346 g/mol. The minimum absolute atomic E-state index is 0.0221. The fourth-order valence-corrected chi connectivity index (χ4v) is 3.77. The number of carbonyl (C=O) groups excluding carboxylic acids is 1. The van der Waals surface area contributed by atoms with Crippen LogP contribution in [-0.2, 0) is 10.3 Å². The van der Waals surface area contributed by atoms with Gasteiger partial charge in [-0.2, -0.15) is 0 Å². The number of ether oxygens (including phenoxy) is 2. The molecule has 138 valence electrons. The average molecular weight is 346 g/mol. The first-order valence-corrected chi connectivity index (χ1v) is 9.32. The molecule has 3 aliphatic rings. The van der Waals surface area contributed by atoms with Crippen LogP contribution in [0.25, 0.3) is 0 Å². The second-order valence-corrected chi connectivity index (χ2v) is 8.03. The predicted octanol–water partition coefficient (Wildman–Crippen LogP) is 3.53. The van der Waals surface area contributed by atoms with E-state index in [0.717, 1.165) is 43.8 Å². The molecular weight excluding hydrogens is 316 g/mol. The lowest BCUT2D eigenvalue weighted by Crippen LogP contribution is -2.53. The van der Waals surface area contributed by atoms with Crippen molar-refractivity contribution in [3.63, 3.8) is 0 Å².